The Morgan fingerprint density at radius 1 is 0.115 bits per heavy atom. The van der Waals surface area contributed by atoms with Gasteiger partial charge in [-0.1, -0.05) is 6.58 Å². The summed E-state index contributed by atoms with van der Waals surface area (Å²) in [6.07, 6.45) is -36.9. The van der Waals surface area contributed by atoms with Crippen LogP contribution >= 0.6 is 0 Å². The highest BCUT2D eigenvalue weighted by Crippen LogP contribution is 2.74. The minimum absolute atomic E-state index is 0.735. The van der Waals surface area contributed by atoms with Gasteiger partial charge in [-0.3, -0.25) is 0 Å². The van der Waals surface area contributed by atoms with Gasteiger partial charge in [0.1, 0.15) is 0 Å². The molecule has 0 saturated carbocycles. The van der Waals surface area contributed by atoms with Crippen LogP contribution in [0.2, 0.25) is 0 Å². The first-order chi connectivity index (χ1) is 43.4. The van der Waals surface area contributed by atoms with E-state index in [1.54, 1.807) is 0 Å². The van der Waals surface area contributed by atoms with E-state index < -0.39 is 214 Å². The van der Waals surface area contributed by atoms with Gasteiger partial charge in [-0.15, -0.1) is 0 Å². The fourth-order valence-electron chi connectivity index (χ4n) is 6.48. The van der Waals surface area contributed by atoms with Crippen molar-refractivity contribution < 1.29 is 299 Å². The summed E-state index contributed by atoms with van der Waals surface area (Å²) in [4.78, 5) is 0. The first-order valence-corrected chi connectivity index (χ1v) is 21.7. The molecule has 0 aromatic heterocycles. The molecule has 0 fully saturated rings. The van der Waals surface area contributed by atoms with Gasteiger partial charge < -0.3 is 0 Å². The van der Waals surface area contributed by atoms with Gasteiger partial charge in [-0.2, -0.15) is 299 Å². The highest BCUT2D eigenvalue weighted by molar-refractivity contribution is 5.53. The van der Waals surface area contributed by atoms with E-state index in [9.17, 15) is 202 Å². The number of hydrogen-bond acceptors (Lipinski definition) is 0. The maximum Gasteiger partial charge on any atom is 0.460 e. The number of allylic oxidation sites excluding steroid dienone is 3. The molecule has 0 N–H and O–H groups in total. The molecular weight excluding hydrogens is 1720 g/mol. The molecule has 0 radical (unpaired) electrons. The zero-order valence-corrected chi connectivity index (χ0v) is 43.9. The first kappa shape index (κ1) is 98.7. The summed E-state index contributed by atoms with van der Waals surface area (Å²) < 4.78 is 971. The summed E-state index contributed by atoms with van der Waals surface area (Å²) in [6.45, 7) is -0.735. The van der Waals surface area contributed by atoms with Gasteiger partial charge in [-0.05, 0) is 0 Å². The molecule has 0 aliphatic carbocycles. The molecular formula is C36H2F68. The molecule has 0 heterocycles. The highest BCUT2D eigenvalue weighted by Gasteiger charge is 3.03. The Bertz CT molecular complexity index is 3060. The smallest absolute Gasteiger partial charge is 0.194 e. The normalized spacial score (nSPS) is 17.3. The molecule has 622 valence electrons. The minimum atomic E-state index is -12.5. The van der Waals surface area contributed by atoms with Crippen molar-refractivity contribution >= 4 is 0 Å². The van der Waals surface area contributed by atoms with Crippen LogP contribution in [0.1, 0.15) is 0 Å². The second kappa shape index (κ2) is 23.9. The number of hydrogen-bond donors (Lipinski definition) is 0. The zero-order valence-electron chi connectivity index (χ0n) is 43.9. The third-order valence-electron chi connectivity index (χ3n) is 12.8. The predicted octanol–water partition coefficient (Wildman–Crippen LogP) is 22.9. The van der Waals surface area contributed by atoms with Crippen molar-refractivity contribution in [3.8, 4) is 0 Å². The average Bonchev–Trinajstić information content (AvgIpc) is 0.677. The topological polar surface area (TPSA) is 0 Å². The molecule has 0 saturated heterocycles. The quantitative estimate of drug-likeness (QED) is 0.0517. The Morgan fingerprint density at radius 3 is 0.337 bits per heavy atom. The summed E-state index contributed by atoms with van der Waals surface area (Å²) in [5, 5.41) is 0. The molecule has 0 aromatic carbocycles. The lowest BCUT2D eigenvalue weighted by Crippen LogP contribution is -2.77. The Hall–Kier alpha value is -5.28. The van der Waals surface area contributed by atoms with Crippen molar-refractivity contribution in [2.45, 2.75) is 191 Å². The molecule has 0 spiro atoms. The summed E-state index contributed by atoms with van der Waals surface area (Å²) in [7, 11) is 0. The van der Waals surface area contributed by atoms with Crippen LogP contribution in [0.3, 0.4) is 0 Å². The van der Waals surface area contributed by atoms with Crippen molar-refractivity contribution in [3.63, 3.8) is 0 Å². The Morgan fingerprint density at radius 2 is 0.212 bits per heavy atom. The van der Waals surface area contributed by atoms with Crippen LogP contribution in [-0.4, -0.2) is 191 Å². The van der Waals surface area contributed by atoms with Crippen molar-refractivity contribution in [3.05, 3.63) is 23.3 Å². The molecule has 0 aliphatic heterocycles. The van der Waals surface area contributed by atoms with Crippen molar-refractivity contribution in [2.24, 2.45) is 0 Å². The molecule has 0 amide bonds. The maximum atomic E-state index is 16.2. The lowest BCUT2D eigenvalue weighted by Gasteiger charge is -2.48. The molecule has 0 bridgehead atoms. The number of halogens is 68. The third kappa shape index (κ3) is 11.4. The number of rotatable bonds is 29. The molecule has 0 unspecified atom stereocenters. The fourth-order valence-corrected chi connectivity index (χ4v) is 6.48. The Kier molecular flexibility index (Phi) is 22.7. The molecule has 104 heavy (non-hydrogen) atoms. The van der Waals surface area contributed by atoms with Gasteiger partial charge in [-0.25, -0.2) is 0 Å². The van der Waals surface area contributed by atoms with Gasteiger partial charge in [0.05, 0.1) is 5.57 Å². The van der Waals surface area contributed by atoms with Crippen molar-refractivity contribution in [1.82, 2.24) is 0 Å². The summed E-state index contributed by atoms with van der Waals surface area (Å²) >= 11 is 0. The van der Waals surface area contributed by atoms with Crippen molar-refractivity contribution in [2.75, 3.05) is 0 Å². The van der Waals surface area contributed by atoms with E-state index in [1.807, 2.05) is 0 Å². The van der Waals surface area contributed by atoms with E-state index in [4.69, 9.17) is 0 Å². The van der Waals surface area contributed by atoms with Crippen LogP contribution in [-0.2, 0) is 0 Å². The summed E-state index contributed by atoms with van der Waals surface area (Å²) in [5.41, 5.74) is -27.5. The molecule has 68 heteroatoms. The zero-order chi connectivity index (χ0) is 86.7. The van der Waals surface area contributed by atoms with E-state index >= 15 is 96.6 Å². The van der Waals surface area contributed by atoms with Crippen LogP contribution in [0.4, 0.5) is 299 Å². The standard InChI is InChI=1S/C36H2F68/c1-2(5(37,38)9(45,46)13(53,54)17(61,62)21(69,70)25(77,78)29(85,86)33(93,94)95)3(6(39,40)10(47,48)14(55,56)18(63,64)22(71,72)26(79,80)30(87,88)34(96,97)98)4(7(41,42)11(49,50)15(57,58)19(65,66)23(73,74)27(81,82)31(89,90)35(99,100)101)8(43,44)12(51,52)16(59,60)20(67,68)24(75,76)28(83,84)32(91,92)36(102,103)104/h1H2. The summed E-state index contributed by atoms with van der Waals surface area (Å²) in [5.74, 6) is -314. The Balaban J connectivity index is 12.0. The number of alkyl halides is 68. The SMILES string of the molecule is C=C(C(=C(C(F)(F)C(F)(F)C(F)(F)C(F)(F)C(F)(F)C(F)(F)C(F)(F)C(F)(F)F)C(F)(F)C(F)(F)C(F)(F)C(F)(F)C(F)(F)C(F)(F)C(F)(F)C(F)(F)F)C(F)(F)C(F)(F)C(F)(F)C(F)(F)C(F)(F)C(F)(F)C(F)(F)C(F)(F)F)C(F)(F)C(F)(F)C(F)(F)C(F)(F)C(F)(F)C(F)(F)C(F)(F)C(F)(F)F. The third-order valence-corrected chi connectivity index (χ3v) is 12.8. The van der Waals surface area contributed by atoms with Crippen LogP contribution in [0.5, 0.6) is 0 Å². The second-order valence-electron chi connectivity index (χ2n) is 19.3. The van der Waals surface area contributed by atoms with Crippen LogP contribution in [0.15, 0.2) is 23.3 Å². The molecule has 0 aromatic rings. The molecule has 0 aliphatic rings. The lowest BCUT2D eigenvalue weighted by molar-refractivity contribution is -0.465. The van der Waals surface area contributed by atoms with Crippen LogP contribution < -0.4 is 0 Å². The van der Waals surface area contributed by atoms with Gasteiger partial charge >= 0.3 is 191 Å². The van der Waals surface area contributed by atoms with Crippen LogP contribution in [0, 0.1) is 0 Å². The van der Waals surface area contributed by atoms with Crippen LogP contribution in [0.25, 0.3) is 0 Å². The monoisotopic (exact) mass is 1730 g/mol. The molecule has 0 nitrogen and oxygen atoms in total. The van der Waals surface area contributed by atoms with Gasteiger partial charge in [0.2, 0.25) is 0 Å². The Labute approximate surface area is 513 Å². The highest BCUT2D eigenvalue weighted by atomic mass is 19.5. The average molecular weight is 1730 g/mol. The minimum Gasteiger partial charge on any atom is -0.194 e. The molecule has 0 rings (SSSR count). The van der Waals surface area contributed by atoms with E-state index in [2.05, 4.69) is 0 Å². The predicted molar refractivity (Wildman–Crippen MR) is 179 cm³/mol. The van der Waals surface area contributed by atoms with Gasteiger partial charge in [0.15, 0.2) is 0 Å². The summed E-state index contributed by atoms with van der Waals surface area (Å²) in [6, 6.07) is 0. The van der Waals surface area contributed by atoms with E-state index in [-0.39, 0.29) is 0 Å². The largest absolute Gasteiger partial charge is 0.460 e. The van der Waals surface area contributed by atoms with Crippen molar-refractivity contribution in [1.29, 1.82) is 0 Å². The van der Waals surface area contributed by atoms with E-state index in [0.717, 1.165) is 0 Å². The van der Waals surface area contributed by atoms with Gasteiger partial charge in [0.25, 0.3) is 0 Å². The second-order valence-corrected chi connectivity index (χ2v) is 19.3. The first-order valence-electron chi connectivity index (χ1n) is 21.7. The fraction of sp³-hybridized carbons (Fsp3) is 0.889. The lowest BCUT2D eigenvalue weighted by atomic mass is 9.74. The van der Waals surface area contributed by atoms with E-state index in [1.165, 1.54) is 0 Å². The molecule has 0 atom stereocenters. The maximum absolute atomic E-state index is 16.2. The van der Waals surface area contributed by atoms with Gasteiger partial charge in [0, 0.05) is 11.1 Å². The van der Waals surface area contributed by atoms with E-state index in [0.29, 0.717) is 0 Å².